The van der Waals surface area contributed by atoms with Crippen molar-refractivity contribution in [1.29, 1.82) is 0 Å². The van der Waals surface area contributed by atoms with Gasteiger partial charge in [-0.3, -0.25) is 9.59 Å². The van der Waals surface area contributed by atoms with Crippen LogP contribution < -0.4 is 4.90 Å². The maximum atomic E-state index is 11.7. The van der Waals surface area contributed by atoms with Gasteiger partial charge in [0.15, 0.2) is 0 Å². The van der Waals surface area contributed by atoms with E-state index in [1.54, 1.807) is 0 Å². The van der Waals surface area contributed by atoms with Gasteiger partial charge >= 0.3 is 11.9 Å². The summed E-state index contributed by atoms with van der Waals surface area (Å²) in [4.78, 5) is 38.1. The van der Waals surface area contributed by atoms with E-state index in [4.69, 9.17) is 10.2 Å². The minimum atomic E-state index is -1.20. The highest BCUT2D eigenvalue weighted by Crippen LogP contribution is 2.25. The molecular weight excluding hydrogens is 240 g/mol. The van der Waals surface area contributed by atoms with Gasteiger partial charge in [-0.25, -0.2) is 9.78 Å². The standard InChI is InChI=1S/C11H10N2O5/c14-9-3-6(10(15)16)5-13(9)7-1-2-12-8(4-7)11(17)18/h1-2,4,6H,3,5H2,(H,15,16)(H,17,18). The number of hydrogen-bond acceptors (Lipinski definition) is 4. The smallest absolute Gasteiger partial charge is 0.354 e. The Morgan fingerprint density at radius 3 is 2.67 bits per heavy atom. The third-order valence-electron chi connectivity index (χ3n) is 2.75. The van der Waals surface area contributed by atoms with Crippen molar-refractivity contribution in [3.05, 3.63) is 24.0 Å². The van der Waals surface area contributed by atoms with Gasteiger partial charge in [0, 0.05) is 24.8 Å². The lowest BCUT2D eigenvalue weighted by Gasteiger charge is -2.16. The number of carbonyl (C=O) groups is 3. The molecule has 7 heteroatoms. The first kappa shape index (κ1) is 12.0. The molecule has 0 saturated carbocycles. The van der Waals surface area contributed by atoms with E-state index in [1.165, 1.54) is 23.2 Å². The van der Waals surface area contributed by atoms with Gasteiger partial charge in [-0.15, -0.1) is 0 Å². The van der Waals surface area contributed by atoms with Crippen LogP contribution in [0.15, 0.2) is 18.3 Å². The molecule has 0 aromatic carbocycles. The van der Waals surface area contributed by atoms with Crippen molar-refractivity contribution in [3.63, 3.8) is 0 Å². The average Bonchev–Trinajstić information content (AvgIpc) is 2.72. The zero-order chi connectivity index (χ0) is 13.3. The van der Waals surface area contributed by atoms with Gasteiger partial charge in [0.1, 0.15) is 5.69 Å². The number of hydrogen-bond donors (Lipinski definition) is 2. The van der Waals surface area contributed by atoms with Crippen molar-refractivity contribution in [1.82, 2.24) is 4.98 Å². The van der Waals surface area contributed by atoms with Crippen LogP contribution in [0.3, 0.4) is 0 Å². The number of carboxylic acid groups (broad SMARTS) is 2. The number of pyridine rings is 1. The van der Waals surface area contributed by atoms with Crippen molar-refractivity contribution in [2.24, 2.45) is 5.92 Å². The molecule has 1 aromatic rings. The molecule has 0 aliphatic carbocycles. The minimum Gasteiger partial charge on any atom is -0.481 e. The van der Waals surface area contributed by atoms with Gasteiger partial charge < -0.3 is 15.1 Å². The average molecular weight is 250 g/mol. The monoisotopic (exact) mass is 250 g/mol. The molecule has 18 heavy (non-hydrogen) atoms. The van der Waals surface area contributed by atoms with Gasteiger partial charge in [-0.1, -0.05) is 0 Å². The van der Waals surface area contributed by atoms with Gasteiger partial charge in [0.2, 0.25) is 5.91 Å². The zero-order valence-electron chi connectivity index (χ0n) is 9.24. The van der Waals surface area contributed by atoms with Gasteiger partial charge in [0.25, 0.3) is 0 Å². The first-order valence-electron chi connectivity index (χ1n) is 5.21. The summed E-state index contributed by atoms with van der Waals surface area (Å²) in [6.45, 7) is 0.0528. The fraction of sp³-hybridized carbons (Fsp3) is 0.273. The lowest BCUT2D eigenvalue weighted by Crippen LogP contribution is -2.26. The molecule has 2 N–H and O–H groups in total. The molecule has 1 fully saturated rings. The van der Waals surface area contributed by atoms with E-state index in [9.17, 15) is 14.4 Å². The van der Waals surface area contributed by atoms with Crippen molar-refractivity contribution in [2.75, 3.05) is 11.4 Å². The van der Waals surface area contributed by atoms with Crippen LogP contribution in [0.4, 0.5) is 5.69 Å². The van der Waals surface area contributed by atoms with E-state index in [0.29, 0.717) is 5.69 Å². The molecule has 1 aliphatic heterocycles. The largest absolute Gasteiger partial charge is 0.481 e. The summed E-state index contributed by atoms with van der Waals surface area (Å²) in [7, 11) is 0. The highest BCUT2D eigenvalue weighted by molar-refractivity contribution is 6.00. The SMILES string of the molecule is O=C(O)c1cc(N2CC(C(=O)O)CC2=O)ccn1. The Labute approximate surface area is 102 Å². The molecule has 1 unspecified atom stereocenters. The molecule has 1 aliphatic rings. The number of aliphatic carboxylic acids is 1. The Balaban J connectivity index is 2.27. The van der Waals surface area contributed by atoms with Crippen LogP contribution in [0.1, 0.15) is 16.9 Å². The predicted molar refractivity (Wildman–Crippen MR) is 59.3 cm³/mol. The first-order valence-corrected chi connectivity index (χ1v) is 5.21. The maximum absolute atomic E-state index is 11.7. The Morgan fingerprint density at radius 1 is 1.39 bits per heavy atom. The van der Waals surface area contributed by atoms with E-state index in [1.807, 2.05) is 0 Å². The maximum Gasteiger partial charge on any atom is 0.354 e. The summed E-state index contributed by atoms with van der Waals surface area (Å²) in [6.07, 6.45) is 1.21. The van der Waals surface area contributed by atoms with Crippen molar-refractivity contribution in [3.8, 4) is 0 Å². The molecule has 0 bridgehead atoms. The molecule has 1 aromatic heterocycles. The van der Waals surface area contributed by atoms with Crippen molar-refractivity contribution < 1.29 is 24.6 Å². The number of carboxylic acids is 2. The zero-order valence-corrected chi connectivity index (χ0v) is 9.24. The summed E-state index contributed by atoms with van der Waals surface area (Å²) < 4.78 is 0. The number of rotatable bonds is 3. The topological polar surface area (TPSA) is 108 Å². The number of aromatic carboxylic acids is 1. The van der Waals surface area contributed by atoms with Gasteiger partial charge in [-0.05, 0) is 12.1 Å². The van der Waals surface area contributed by atoms with Crippen LogP contribution >= 0.6 is 0 Å². The highest BCUT2D eigenvalue weighted by Gasteiger charge is 2.35. The normalized spacial score (nSPS) is 19.0. The first-order chi connectivity index (χ1) is 8.49. The fourth-order valence-corrected chi connectivity index (χ4v) is 1.83. The van der Waals surface area contributed by atoms with Crippen molar-refractivity contribution >= 4 is 23.5 Å². The van der Waals surface area contributed by atoms with Crippen LogP contribution in [0.25, 0.3) is 0 Å². The van der Waals surface area contributed by atoms with Crippen LogP contribution in [-0.2, 0) is 9.59 Å². The predicted octanol–water partition coefficient (Wildman–Crippen LogP) is 0.217. The summed E-state index contributed by atoms with van der Waals surface area (Å²) in [5.74, 6) is -3.31. The van der Waals surface area contributed by atoms with Crippen LogP contribution in [0, 0.1) is 5.92 Å². The van der Waals surface area contributed by atoms with E-state index in [-0.39, 0.29) is 24.6 Å². The van der Waals surface area contributed by atoms with Crippen LogP contribution in [0.2, 0.25) is 0 Å². The molecule has 94 valence electrons. The Hall–Kier alpha value is -2.44. The number of nitrogens with zero attached hydrogens (tertiary/aromatic N) is 2. The van der Waals surface area contributed by atoms with Crippen molar-refractivity contribution in [2.45, 2.75) is 6.42 Å². The quantitative estimate of drug-likeness (QED) is 0.794. The molecule has 2 heterocycles. The summed E-state index contributed by atoms with van der Waals surface area (Å²) in [6, 6.07) is 2.74. The molecule has 0 radical (unpaired) electrons. The second-order valence-corrected chi connectivity index (χ2v) is 3.95. The third-order valence-corrected chi connectivity index (χ3v) is 2.75. The molecule has 0 spiro atoms. The van der Waals surface area contributed by atoms with E-state index in [0.717, 1.165) is 0 Å². The number of carbonyl (C=O) groups excluding carboxylic acids is 1. The number of aromatic nitrogens is 1. The second kappa shape index (κ2) is 4.44. The third kappa shape index (κ3) is 2.15. The number of amides is 1. The van der Waals surface area contributed by atoms with E-state index < -0.39 is 17.9 Å². The Morgan fingerprint density at radius 2 is 2.11 bits per heavy atom. The highest BCUT2D eigenvalue weighted by atomic mass is 16.4. The summed E-state index contributed by atoms with van der Waals surface area (Å²) in [5.41, 5.74) is 0.176. The number of anilines is 1. The van der Waals surface area contributed by atoms with Crippen LogP contribution in [-0.4, -0.2) is 39.6 Å². The summed E-state index contributed by atoms with van der Waals surface area (Å²) in [5, 5.41) is 17.7. The second-order valence-electron chi connectivity index (χ2n) is 3.95. The Bertz CT molecular complexity index is 528. The fourth-order valence-electron chi connectivity index (χ4n) is 1.83. The van der Waals surface area contributed by atoms with Crippen LogP contribution in [0.5, 0.6) is 0 Å². The lowest BCUT2D eigenvalue weighted by atomic mass is 10.1. The van der Waals surface area contributed by atoms with E-state index >= 15 is 0 Å². The summed E-state index contributed by atoms with van der Waals surface area (Å²) >= 11 is 0. The lowest BCUT2D eigenvalue weighted by molar-refractivity contribution is -0.141. The molecule has 7 nitrogen and oxygen atoms in total. The van der Waals surface area contributed by atoms with E-state index in [2.05, 4.69) is 4.98 Å². The molecule has 1 atom stereocenters. The van der Waals surface area contributed by atoms with Gasteiger partial charge in [-0.2, -0.15) is 0 Å². The van der Waals surface area contributed by atoms with Gasteiger partial charge in [0.05, 0.1) is 5.92 Å². The molecular formula is C11H10N2O5. The molecule has 1 saturated heterocycles. The minimum absolute atomic E-state index is 0.0528. The molecule has 2 rings (SSSR count). The molecule has 1 amide bonds. The Kier molecular flexibility index (Phi) is 2.97.